The number of fused-ring (bicyclic) bond motifs is 2. The molecule has 8 heteroatoms. The van der Waals surface area contributed by atoms with Crippen LogP contribution in [-0.4, -0.2) is 31.1 Å². The molecule has 1 amide bonds. The highest BCUT2D eigenvalue weighted by Crippen LogP contribution is 2.35. The number of aromatic nitrogens is 5. The number of H-pyrrole nitrogens is 2. The summed E-state index contributed by atoms with van der Waals surface area (Å²) in [5.41, 5.74) is 8.20. The summed E-state index contributed by atoms with van der Waals surface area (Å²) in [5.74, 6) is -0.102. The van der Waals surface area contributed by atoms with E-state index in [0.29, 0.717) is 11.3 Å². The highest BCUT2D eigenvalue weighted by Gasteiger charge is 2.25. The molecule has 0 radical (unpaired) electrons. The van der Waals surface area contributed by atoms with E-state index in [0.717, 1.165) is 74.8 Å². The molecule has 0 aliphatic heterocycles. The second-order valence-corrected chi connectivity index (χ2v) is 10.2. The number of hydrogen-bond acceptors (Lipinski definition) is 4. The van der Waals surface area contributed by atoms with Crippen molar-refractivity contribution in [3.63, 3.8) is 0 Å². The minimum Gasteiger partial charge on any atom is -0.353 e. The number of benzene rings is 2. The molecule has 0 bridgehead atoms. The van der Waals surface area contributed by atoms with Gasteiger partial charge in [0.1, 0.15) is 11.5 Å². The van der Waals surface area contributed by atoms with Crippen LogP contribution in [0, 0.1) is 18.7 Å². The van der Waals surface area contributed by atoms with Crippen molar-refractivity contribution in [2.75, 3.05) is 5.32 Å². The van der Waals surface area contributed by atoms with Crippen LogP contribution in [0.3, 0.4) is 0 Å². The largest absolute Gasteiger partial charge is 0.353 e. The van der Waals surface area contributed by atoms with E-state index < -0.39 is 0 Å². The minimum absolute atomic E-state index is 0.0532. The molecular formula is C31H25FN6O. The van der Waals surface area contributed by atoms with Gasteiger partial charge in [-0.3, -0.25) is 14.9 Å². The fourth-order valence-electron chi connectivity index (χ4n) is 5.27. The van der Waals surface area contributed by atoms with E-state index >= 15 is 0 Å². The number of aryl methyl sites for hydroxylation is 1. The van der Waals surface area contributed by atoms with Gasteiger partial charge < -0.3 is 10.3 Å². The number of anilines is 1. The number of amides is 1. The fourth-order valence-corrected chi connectivity index (χ4v) is 5.27. The van der Waals surface area contributed by atoms with Crippen molar-refractivity contribution in [3.8, 4) is 33.6 Å². The number of carbonyl (C=O) groups excluding carboxylic acids is 1. The Labute approximate surface area is 223 Å². The van der Waals surface area contributed by atoms with E-state index in [9.17, 15) is 9.18 Å². The van der Waals surface area contributed by atoms with Crippen molar-refractivity contribution < 1.29 is 9.18 Å². The van der Waals surface area contributed by atoms with Gasteiger partial charge in [-0.1, -0.05) is 24.6 Å². The standard InChI is InChI=1S/C31H25FN6O/c1-17-8-19(10-22(32)9-17)24-6-3-7-27-25(24)13-28(36-27)29-26-12-21(15-34-30(26)38-37-29)20-11-23(16-33-14-20)35-31(39)18-4-2-5-18/h3,6-16,18,36H,2,4-5H2,1H3,(H,35,39)(H,34,37,38). The summed E-state index contributed by atoms with van der Waals surface area (Å²) >= 11 is 0. The van der Waals surface area contributed by atoms with Crippen LogP contribution < -0.4 is 5.32 Å². The Bertz CT molecular complexity index is 1860. The highest BCUT2D eigenvalue weighted by atomic mass is 19.1. The number of carbonyl (C=O) groups is 1. The molecule has 1 saturated carbocycles. The summed E-state index contributed by atoms with van der Waals surface area (Å²) in [5, 5.41) is 12.4. The van der Waals surface area contributed by atoms with Crippen molar-refractivity contribution in [1.29, 1.82) is 0 Å². The third-order valence-electron chi connectivity index (χ3n) is 7.50. The second kappa shape index (κ2) is 9.16. The molecule has 192 valence electrons. The molecule has 2 aromatic carbocycles. The first-order valence-corrected chi connectivity index (χ1v) is 13.0. The van der Waals surface area contributed by atoms with Gasteiger partial charge in [0.15, 0.2) is 5.65 Å². The van der Waals surface area contributed by atoms with Gasteiger partial charge in [0.05, 0.1) is 17.6 Å². The Morgan fingerprint density at radius 2 is 1.85 bits per heavy atom. The molecule has 0 atom stereocenters. The molecular weight excluding hydrogens is 491 g/mol. The second-order valence-electron chi connectivity index (χ2n) is 10.2. The Morgan fingerprint density at radius 1 is 0.974 bits per heavy atom. The van der Waals surface area contributed by atoms with Crippen LogP contribution in [0.5, 0.6) is 0 Å². The van der Waals surface area contributed by atoms with Crippen LogP contribution in [-0.2, 0) is 4.79 Å². The van der Waals surface area contributed by atoms with Crippen LogP contribution in [0.25, 0.3) is 55.6 Å². The lowest BCUT2D eigenvalue weighted by molar-refractivity contribution is -0.122. The van der Waals surface area contributed by atoms with Crippen molar-refractivity contribution in [2.24, 2.45) is 5.92 Å². The smallest absolute Gasteiger partial charge is 0.227 e. The molecule has 4 heterocycles. The van der Waals surface area contributed by atoms with Gasteiger partial charge in [0, 0.05) is 45.7 Å². The van der Waals surface area contributed by atoms with E-state index in [1.165, 1.54) is 6.07 Å². The molecule has 4 aromatic heterocycles. The molecule has 6 aromatic rings. The SMILES string of the molecule is Cc1cc(F)cc(-c2cccc3[nH]c(-c4n[nH]c5ncc(-c6cncc(NC(=O)C7CCC7)c6)cc45)cc23)c1. The van der Waals surface area contributed by atoms with Gasteiger partial charge in [-0.2, -0.15) is 5.10 Å². The predicted octanol–water partition coefficient (Wildman–Crippen LogP) is 7.02. The van der Waals surface area contributed by atoms with E-state index in [1.807, 2.05) is 49.4 Å². The van der Waals surface area contributed by atoms with Gasteiger partial charge in [0.2, 0.25) is 5.91 Å². The maximum Gasteiger partial charge on any atom is 0.227 e. The van der Waals surface area contributed by atoms with Crippen molar-refractivity contribution in [2.45, 2.75) is 26.2 Å². The maximum absolute atomic E-state index is 14.2. The highest BCUT2D eigenvalue weighted by molar-refractivity contribution is 6.01. The zero-order valence-electron chi connectivity index (χ0n) is 21.3. The molecule has 0 saturated heterocycles. The Balaban J connectivity index is 1.27. The molecule has 1 aliphatic carbocycles. The predicted molar refractivity (Wildman–Crippen MR) is 151 cm³/mol. The van der Waals surface area contributed by atoms with Gasteiger partial charge >= 0.3 is 0 Å². The molecule has 0 spiro atoms. The quantitative estimate of drug-likeness (QED) is 0.229. The van der Waals surface area contributed by atoms with Crippen LogP contribution in [0.15, 0.2) is 73.2 Å². The van der Waals surface area contributed by atoms with Gasteiger partial charge in [0.25, 0.3) is 0 Å². The van der Waals surface area contributed by atoms with E-state index in [1.54, 1.807) is 24.7 Å². The maximum atomic E-state index is 14.2. The van der Waals surface area contributed by atoms with Crippen LogP contribution >= 0.6 is 0 Å². The summed E-state index contributed by atoms with van der Waals surface area (Å²) < 4.78 is 14.2. The Morgan fingerprint density at radius 3 is 2.67 bits per heavy atom. The molecule has 7 nitrogen and oxygen atoms in total. The minimum atomic E-state index is -0.254. The molecule has 0 unspecified atom stereocenters. The lowest BCUT2D eigenvalue weighted by Crippen LogP contribution is -2.28. The van der Waals surface area contributed by atoms with Crippen molar-refractivity contribution in [3.05, 3.63) is 84.6 Å². The molecule has 7 rings (SSSR count). The third-order valence-corrected chi connectivity index (χ3v) is 7.50. The first-order chi connectivity index (χ1) is 19.0. The number of hydrogen-bond donors (Lipinski definition) is 3. The lowest BCUT2D eigenvalue weighted by Gasteiger charge is -2.24. The van der Waals surface area contributed by atoms with Crippen molar-refractivity contribution >= 4 is 33.5 Å². The first-order valence-electron chi connectivity index (χ1n) is 13.0. The number of halogens is 1. The molecule has 3 N–H and O–H groups in total. The van der Waals surface area contributed by atoms with E-state index in [4.69, 9.17) is 0 Å². The summed E-state index contributed by atoms with van der Waals surface area (Å²) in [7, 11) is 0. The van der Waals surface area contributed by atoms with Crippen LogP contribution in [0.2, 0.25) is 0 Å². The van der Waals surface area contributed by atoms with Gasteiger partial charge in [-0.05, 0) is 72.9 Å². The summed E-state index contributed by atoms with van der Waals surface area (Å²) in [6.45, 7) is 1.89. The lowest BCUT2D eigenvalue weighted by atomic mass is 9.85. The zero-order chi connectivity index (χ0) is 26.5. The summed E-state index contributed by atoms with van der Waals surface area (Å²) in [6.07, 6.45) is 8.20. The number of nitrogens with zero attached hydrogens (tertiary/aromatic N) is 3. The van der Waals surface area contributed by atoms with E-state index in [2.05, 4.69) is 30.5 Å². The number of nitrogens with one attached hydrogen (secondary N) is 3. The molecule has 39 heavy (non-hydrogen) atoms. The monoisotopic (exact) mass is 516 g/mol. The first kappa shape index (κ1) is 23.3. The normalized spacial score (nSPS) is 13.6. The number of aromatic amines is 2. The van der Waals surface area contributed by atoms with Gasteiger partial charge in [-0.25, -0.2) is 9.37 Å². The van der Waals surface area contributed by atoms with Crippen LogP contribution in [0.4, 0.5) is 10.1 Å². The van der Waals surface area contributed by atoms with Crippen molar-refractivity contribution in [1.82, 2.24) is 25.1 Å². The topological polar surface area (TPSA) is 99.3 Å². The van der Waals surface area contributed by atoms with Crippen LogP contribution in [0.1, 0.15) is 24.8 Å². The van der Waals surface area contributed by atoms with Gasteiger partial charge in [-0.15, -0.1) is 0 Å². The number of pyridine rings is 2. The molecule has 1 fully saturated rings. The van der Waals surface area contributed by atoms with E-state index in [-0.39, 0.29) is 17.6 Å². The summed E-state index contributed by atoms with van der Waals surface area (Å²) in [6, 6.07) is 17.0. The average molecular weight is 517 g/mol. The number of rotatable bonds is 5. The zero-order valence-corrected chi connectivity index (χ0v) is 21.3. The Kier molecular flexibility index (Phi) is 5.47. The summed E-state index contributed by atoms with van der Waals surface area (Å²) in [4.78, 5) is 24.8. The fraction of sp³-hybridized carbons (Fsp3) is 0.161. The Hall–Kier alpha value is -4.85. The molecule has 1 aliphatic rings. The average Bonchev–Trinajstić information content (AvgIpc) is 3.50. The third kappa shape index (κ3) is 4.24.